The summed E-state index contributed by atoms with van der Waals surface area (Å²) < 4.78 is 29.1. The summed E-state index contributed by atoms with van der Waals surface area (Å²) in [6, 6.07) is 4.04. The minimum absolute atomic E-state index is 0.0296. The molecule has 0 radical (unpaired) electrons. The van der Waals surface area contributed by atoms with E-state index in [-0.39, 0.29) is 35.7 Å². The lowest BCUT2D eigenvalue weighted by molar-refractivity contribution is -0.119. The lowest BCUT2D eigenvalue weighted by Gasteiger charge is -2.11. The molecule has 1 heterocycles. The Kier molecular flexibility index (Phi) is 5.08. The number of pyridine rings is 1. The highest BCUT2D eigenvalue weighted by atomic mass is 19.1. The lowest BCUT2D eigenvalue weighted by atomic mass is 10.1. The Balaban J connectivity index is 2.32. The smallest absolute Gasteiger partial charge is 0.337 e. The van der Waals surface area contributed by atoms with Crippen molar-refractivity contribution in [1.29, 1.82) is 0 Å². The van der Waals surface area contributed by atoms with Crippen molar-refractivity contribution in [3.05, 3.63) is 69.1 Å². The molecule has 8 heteroatoms. The molecule has 0 fully saturated rings. The van der Waals surface area contributed by atoms with Gasteiger partial charge in [0.05, 0.1) is 12.1 Å². The normalized spacial score (nSPS) is 10.5. The van der Waals surface area contributed by atoms with E-state index in [0.717, 1.165) is 35.0 Å². The van der Waals surface area contributed by atoms with Crippen LogP contribution in [0.3, 0.4) is 0 Å². The van der Waals surface area contributed by atoms with Gasteiger partial charge in [0.2, 0.25) is 5.91 Å². The Labute approximate surface area is 135 Å². The van der Waals surface area contributed by atoms with Crippen LogP contribution in [0.4, 0.5) is 8.78 Å². The first-order valence-electron chi connectivity index (χ1n) is 6.93. The van der Waals surface area contributed by atoms with E-state index in [1.54, 1.807) is 0 Å². The van der Waals surface area contributed by atoms with Gasteiger partial charge in [-0.25, -0.2) is 13.6 Å². The number of aromatic carboxylic acids is 1. The lowest BCUT2D eigenvalue weighted by Crippen LogP contribution is -2.22. The highest BCUT2D eigenvalue weighted by Gasteiger charge is 2.12. The van der Waals surface area contributed by atoms with E-state index in [1.807, 2.05) is 0 Å². The van der Waals surface area contributed by atoms with Crippen molar-refractivity contribution in [2.24, 2.45) is 0 Å². The SMILES string of the molecule is CC(=O)NCc1cc(F)c(Cn2cc(C(=O)O)ccc2=O)cc1F. The Morgan fingerprint density at radius 3 is 2.42 bits per heavy atom. The first kappa shape index (κ1) is 17.3. The summed E-state index contributed by atoms with van der Waals surface area (Å²) in [7, 11) is 0. The number of nitrogens with zero attached hydrogens (tertiary/aromatic N) is 1. The summed E-state index contributed by atoms with van der Waals surface area (Å²) in [5, 5.41) is 11.3. The van der Waals surface area contributed by atoms with E-state index in [1.165, 1.54) is 6.92 Å². The van der Waals surface area contributed by atoms with Crippen LogP contribution < -0.4 is 10.9 Å². The number of carboxylic acid groups (broad SMARTS) is 1. The number of nitrogens with one attached hydrogen (secondary N) is 1. The third-order valence-corrected chi connectivity index (χ3v) is 3.31. The Hall–Kier alpha value is -3.03. The maximum atomic E-state index is 14.1. The zero-order valence-corrected chi connectivity index (χ0v) is 12.7. The molecule has 0 aliphatic heterocycles. The molecule has 1 amide bonds. The third kappa shape index (κ3) is 4.03. The second-order valence-corrected chi connectivity index (χ2v) is 5.13. The summed E-state index contributed by atoms with van der Waals surface area (Å²) in [4.78, 5) is 33.5. The molecule has 24 heavy (non-hydrogen) atoms. The Bertz CT molecular complexity index is 862. The van der Waals surface area contributed by atoms with Gasteiger partial charge in [0.1, 0.15) is 11.6 Å². The van der Waals surface area contributed by atoms with Gasteiger partial charge in [0.15, 0.2) is 0 Å². The zero-order valence-electron chi connectivity index (χ0n) is 12.7. The quantitative estimate of drug-likeness (QED) is 0.866. The molecular formula is C16H14F2N2O4. The van der Waals surface area contributed by atoms with E-state index in [9.17, 15) is 23.2 Å². The van der Waals surface area contributed by atoms with Crippen LogP contribution in [0.2, 0.25) is 0 Å². The number of hydrogen-bond acceptors (Lipinski definition) is 3. The van der Waals surface area contributed by atoms with Crippen molar-refractivity contribution >= 4 is 11.9 Å². The molecule has 0 bridgehead atoms. The van der Waals surface area contributed by atoms with Crippen LogP contribution >= 0.6 is 0 Å². The number of halogens is 2. The highest BCUT2D eigenvalue weighted by Crippen LogP contribution is 2.16. The summed E-state index contributed by atoms with van der Waals surface area (Å²) in [5.74, 6) is -3.11. The van der Waals surface area contributed by atoms with Crippen molar-refractivity contribution in [2.45, 2.75) is 20.0 Å². The average molecular weight is 336 g/mol. The number of carbonyl (C=O) groups excluding carboxylic acids is 1. The number of carbonyl (C=O) groups is 2. The second kappa shape index (κ2) is 7.03. The molecule has 0 saturated carbocycles. The predicted octanol–water partition coefficient (Wildman–Crippen LogP) is 1.51. The monoisotopic (exact) mass is 336 g/mol. The van der Waals surface area contributed by atoms with E-state index in [4.69, 9.17) is 5.11 Å². The fourth-order valence-electron chi connectivity index (χ4n) is 2.07. The van der Waals surface area contributed by atoms with Crippen molar-refractivity contribution in [1.82, 2.24) is 9.88 Å². The van der Waals surface area contributed by atoms with Gasteiger partial charge in [-0.3, -0.25) is 9.59 Å². The van der Waals surface area contributed by atoms with Gasteiger partial charge in [-0.1, -0.05) is 0 Å². The maximum absolute atomic E-state index is 14.1. The van der Waals surface area contributed by atoms with E-state index >= 15 is 0 Å². The fourth-order valence-corrected chi connectivity index (χ4v) is 2.07. The molecular weight excluding hydrogens is 322 g/mol. The molecule has 0 atom stereocenters. The summed E-state index contributed by atoms with van der Waals surface area (Å²) in [5.41, 5.74) is -0.818. The number of benzene rings is 1. The van der Waals surface area contributed by atoms with Crippen LogP contribution in [0.25, 0.3) is 0 Å². The molecule has 6 nitrogen and oxygen atoms in total. The second-order valence-electron chi connectivity index (χ2n) is 5.13. The van der Waals surface area contributed by atoms with Crippen LogP contribution in [0.5, 0.6) is 0 Å². The summed E-state index contributed by atoms with van der Waals surface area (Å²) in [6.45, 7) is 0.778. The van der Waals surface area contributed by atoms with Gasteiger partial charge >= 0.3 is 5.97 Å². The van der Waals surface area contributed by atoms with Gasteiger partial charge in [0.25, 0.3) is 5.56 Å². The Morgan fingerprint density at radius 1 is 1.17 bits per heavy atom. The number of amides is 1. The minimum atomic E-state index is -1.24. The van der Waals surface area contributed by atoms with Gasteiger partial charge < -0.3 is 15.0 Å². The average Bonchev–Trinajstić information content (AvgIpc) is 2.50. The molecule has 1 aromatic carbocycles. The van der Waals surface area contributed by atoms with Crippen molar-refractivity contribution in [3.8, 4) is 0 Å². The van der Waals surface area contributed by atoms with Gasteiger partial charge in [0, 0.05) is 36.9 Å². The van der Waals surface area contributed by atoms with E-state index in [0.29, 0.717) is 0 Å². The first-order valence-corrected chi connectivity index (χ1v) is 6.93. The van der Waals surface area contributed by atoms with Crippen LogP contribution in [0, 0.1) is 11.6 Å². The van der Waals surface area contributed by atoms with Gasteiger partial charge in [-0.05, 0) is 18.2 Å². The maximum Gasteiger partial charge on any atom is 0.337 e. The van der Waals surface area contributed by atoms with Crippen LogP contribution in [0.1, 0.15) is 28.4 Å². The molecule has 0 saturated heterocycles. The van der Waals surface area contributed by atoms with Gasteiger partial charge in [-0.15, -0.1) is 0 Å². The van der Waals surface area contributed by atoms with Gasteiger partial charge in [-0.2, -0.15) is 0 Å². The van der Waals surface area contributed by atoms with Crippen LogP contribution in [0.15, 0.2) is 35.3 Å². The predicted molar refractivity (Wildman–Crippen MR) is 80.6 cm³/mol. The number of aromatic nitrogens is 1. The molecule has 126 valence electrons. The minimum Gasteiger partial charge on any atom is -0.478 e. The van der Waals surface area contributed by atoms with Crippen molar-refractivity contribution < 1.29 is 23.5 Å². The molecule has 0 spiro atoms. The third-order valence-electron chi connectivity index (χ3n) is 3.31. The van der Waals surface area contributed by atoms with E-state index in [2.05, 4.69) is 5.32 Å². The van der Waals surface area contributed by atoms with E-state index < -0.39 is 23.2 Å². The topological polar surface area (TPSA) is 88.4 Å². The van der Waals surface area contributed by atoms with Crippen molar-refractivity contribution in [2.75, 3.05) is 0 Å². The fraction of sp³-hybridized carbons (Fsp3) is 0.188. The number of hydrogen-bond donors (Lipinski definition) is 2. The van der Waals surface area contributed by atoms with Crippen LogP contribution in [-0.4, -0.2) is 21.6 Å². The molecule has 0 aliphatic rings. The molecule has 2 N–H and O–H groups in total. The number of carboxylic acids is 1. The molecule has 0 unspecified atom stereocenters. The number of rotatable bonds is 5. The summed E-state index contributed by atoms with van der Waals surface area (Å²) in [6.07, 6.45) is 1.06. The molecule has 2 aromatic rings. The first-order chi connectivity index (χ1) is 11.3. The molecule has 1 aromatic heterocycles. The zero-order chi connectivity index (χ0) is 17.9. The Morgan fingerprint density at radius 2 is 1.79 bits per heavy atom. The molecule has 2 rings (SSSR count). The van der Waals surface area contributed by atoms with Crippen LogP contribution in [-0.2, 0) is 17.9 Å². The summed E-state index contributed by atoms with van der Waals surface area (Å²) >= 11 is 0. The standard InChI is InChI=1S/C16H14F2N2O4/c1-9(21)19-6-11-4-14(18)12(5-13(11)17)8-20-7-10(16(23)24)2-3-15(20)22/h2-5,7H,6,8H2,1H3,(H,19,21)(H,23,24). The highest BCUT2D eigenvalue weighted by molar-refractivity contribution is 5.87. The molecule has 0 aliphatic carbocycles. The largest absolute Gasteiger partial charge is 0.478 e. The van der Waals surface area contributed by atoms with Crippen molar-refractivity contribution in [3.63, 3.8) is 0 Å².